The number of nitrogens with zero attached hydrogens (tertiary/aromatic N) is 7. The summed E-state index contributed by atoms with van der Waals surface area (Å²) in [6.07, 6.45) is 10.4. The molecule has 0 spiro atoms. The number of anilines is 1. The zero-order chi connectivity index (χ0) is 21.9. The highest BCUT2D eigenvalue weighted by atomic mass is 19.1. The molecule has 2 saturated heterocycles. The monoisotopic (exact) mass is 435 g/mol. The topological polar surface area (TPSA) is 101 Å². The van der Waals surface area contributed by atoms with E-state index in [0.717, 1.165) is 37.4 Å². The van der Waals surface area contributed by atoms with Crippen LogP contribution in [0.1, 0.15) is 38.1 Å². The fraction of sp³-hybridized carbons (Fsp3) is 0.500. The summed E-state index contributed by atoms with van der Waals surface area (Å²) < 4.78 is 23.4. The quantitative estimate of drug-likeness (QED) is 0.625. The number of hydrogen-bond donors (Lipinski definition) is 0. The van der Waals surface area contributed by atoms with Gasteiger partial charge < -0.3 is 4.74 Å². The Kier molecular flexibility index (Phi) is 4.30. The van der Waals surface area contributed by atoms with Gasteiger partial charge in [-0.1, -0.05) is 0 Å². The van der Waals surface area contributed by atoms with E-state index < -0.39 is 11.2 Å². The van der Waals surface area contributed by atoms with Gasteiger partial charge in [-0.2, -0.15) is 15.5 Å². The summed E-state index contributed by atoms with van der Waals surface area (Å²) in [7, 11) is 0. The molecular formula is C22H22FN7O2. The van der Waals surface area contributed by atoms with Gasteiger partial charge in [-0.15, -0.1) is 0 Å². The number of halogens is 1. The van der Waals surface area contributed by atoms with Crippen LogP contribution in [0.5, 0.6) is 0 Å². The van der Waals surface area contributed by atoms with E-state index in [9.17, 15) is 14.4 Å². The van der Waals surface area contributed by atoms with Crippen molar-refractivity contribution >= 4 is 17.2 Å². The van der Waals surface area contributed by atoms with Crippen LogP contribution < -0.4 is 4.90 Å². The highest BCUT2D eigenvalue weighted by molar-refractivity contribution is 6.04. The van der Waals surface area contributed by atoms with Gasteiger partial charge in [0.2, 0.25) is 5.91 Å². The zero-order valence-corrected chi connectivity index (χ0v) is 17.4. The molecule has 1 amide bonds. The lowest BCUT2D eigenvalue weighted by atomic mass is 9.83. The van der Waals surface area contributed by atoms with E-state index in [1.165, 1.54) is 9.42 Å². The molecule has 3 fully saturated rings. The van der Waals surface area contributed by atoms with Crippen molar-refractivity contribution in [1.82, 2.24) is 24.4 Å². The summed E-state index contributed by atoms with van der Waals surface area (Å²) in [5.74, 6) is -0.547. The minimum Gasteiger partial charge on any atom is -0.381 e. The molecule has 3 aromatic heterocycles. The minimum atomic E-state index is -1.03. The molecular weight excluding hydrogens is 413 g/mol. The van der Waals surface area contributed by atoms with Crippen molar-refractivity contribution in [1.29, 1.82) is 5.26 Å². The van der Waals surface area contributed by atoms with Crippen molar-refractivity contribution in [2.75, 3.05) is 24.7 Å². The van der Waals surface area contributed by atoms with Crippen molar-refractivity contribution in [2.45, 2.75) is 38.1 Å². The molecule has 1 aliphatic carbocycles. The van der Waals surface area contributed by atoms with Crippen molar-refractivity contribution in [3.05, 3.63) is 30.6 Å². The number of amides is 1. The Balaban J connectivity index is 1.41. The third-order valence-corrected chi connectivity index (χ3v) is 6.98. The standard InChI is InChI=1S/C22H22FN7O2/c23-17-10-26-30-12-18(14-9-25-29(11-14)16-3-7-32-8-4-16)27-20(19(17)30)28-6-5-22(13-24,21(28)31)15-1-2-15/h9-12,15-16H,1-8H2/t22-/m1/s1. The van der Waals surface area contributed by atoms with Crippen LogP contribution in [-0.4, -0.2) is 50.0 Å². The fourth-order valence-electron chi connectivity index (χ4n) is 5.00. The van der Waals surface area contributed by atoms with E-state index in [0.29, 0.717) is 31.9 Å². The Morgan fingerprint density at radius 3 is 2.72 bits per heavy atom. The van der Waals surface area contributed by atoms with E-state index >= 15 is 0 Å². The lowest BCUT2D eigenvalue weighted by Crippen LogP contribution is -2.36. The number of fused-ring (bicyclic) bond motifs is 1. The Morgan fingerprint density at radius 2 is 1.97 bits per heavy atom. The van der Waals surface area contributed by atoms with Gasteiger partial charge in [-0.25, -0.2) is 13.9 Å². The molecule has 2 aliphatic heterocycles. The summed E-state index contributed by atoms with van der Waals surface area (Å²) in [5, 5.41) is 18.4. The van der Waals surface area contributed by atoms with Crippen LogP contribution in [-0.2, 0) is 9.53 Å². The molecule has 3 aliphatic rings. The Labute approximate surface area is 183 Å². The van der Waals surface area contributed by atoms with Gasteiger partial charge in [0.25, 0.3) is 0 Å². The molecule has 0 bridgehead atoms. The molecule has 10 heteroatoms. The third-order valence-electron chi connectivity index (χ3n) is 6.98. The third kappa shape index (κ3) is 2.84. The van der Waals surface area contributed by atoms with Crippen LogP contribution in [0, 0.1) is 28.5 Å². The summed E-state index contributed by atoms with van der Waals surface area (Å²) >= 11 is 0. The number of nitriles is 1. The molecule has 0 unspecified atom stereocenters. The second-order valence-corrected chi connectivity index (χ2v) is 8.85. The van der Waals surface area contributed by atoms with E-state index in [-0.39, 0.29) is 29.2 Å². The molecule has 0 aromatic carbocycles. The van der Waals surface area contributed by atoms with Crippen LogP contribution in [0.15, 0.2) is 24.8 Å². The maximum absolute atomic E-state index is 14.7. The van der Waals surface area contributed by atoms with Gasteiger partial charge in [0.15, 0.2) is 11.6 Å². The fourth-order valence-corrected chi connectivity index (χ4v) is 5.00. The number of carbonyl (C=O) groups is 1. The first kappa shape index (κ1) is 19.4. The smallest absolute Gasteiger partial charge is 0.249 e. The molecule has 0 radical (unpaired) electrons. The number of hydrogen-bond acceptors (Lipinski definition) is 6. The number of ether oxygens (including phenoxy) is 1. The maximum Gasteiger partial charge on any atom is 0.249 e. The first-order valence-electron chi connectivity index (χ1n) is 11.0. The van der Waals surface area contributed by atoms with Gasteiger partial charge in [0.05, 0.1) is 36.4 Å². The predicted molar refractivity (Wildman–Crippen MR) is 111 cm³/mol. The molecule has 0 N–H and O–H groups in total. The zero-order valence-electron chi connectivity index (χ0n) is 17.4. The lowest BCUT2D eigenvalue weighted by molar-refractivity contribution is -0.123. The normalized spacial score (nSPS) is 24.4. The molecule has 164 valence electrons. The van der Waals surface area contributed by atoms with Crippen molar-refractivity contribution in [2.24, 2.45) is 11.3 Å². The lowest BCUT2D eigenvalue weighted by Gasteiger charge is -2.22. The molecule has 1 atom stereocenters. The summed E-state index contributed by atoms with van der Waals surface area (Å²) in [6.45, 7) is 1.75. The first-order valence-corrected chi connectivity index (χ1v) is 11.0. The SMILES string of the molecule is N#C[C@@]1(C2CC2)CCN(c2nc(-c3cnn(C4CCOCC4)c3)cn3ncc(F)c23)C1=O. The van der Waals surface area contributed by atoms with Gasteiger partial charge in [-0.3, -0.25) is 14.4 Å². The molecule has 1 saturated carbocycles. The van der Waals surface area contributed by atoms with Crippen LogP contribution in [0.3, 0.4) is 0 Å². The summed E-state index contributed by atoms with van der Waals surface area (Å²) in [6, 6.07) is 2.53. The molecule has 9 nitrogen and oxygen atoms in total. The number of carbonyl (C=O) groups excluding carboxylic acids is 1. The Bertz CT molecular complexity index is 1250. The molecule has 5 heterocycles. The van der Waals surface area contributed by atoms with Crippen LogP contribution in [0.4, 0.5) is 10.2 Å². The highest BCUT2D eigenvalue weighted by Gasteiger charge is 2.57. The van der Waals surface area contributed by atoms with Crippen LogP contribution >= 0.6 is 0 Å². The first-order chi connectivity index (χ1) is 15.6. The number of aromatic nitrogens is 5. The Hall–Kier alpha value is -3.32. The van der Waals surface area contributed by atoms with Crippen molar-refractivity contribution < 1.29 is 13.9 Å². The summed E-state index contributed by atoms with van der Waals surface area (Å²) in [5.41, 5.74) is 0.418. The second kappa shape index (κ2) is 7.10. The van der Waals surface area contributed by atoms with Gasteiger partial charge >= 0.3 is 0 Å². The van der Waals surface area contributed by atoms with E-state index in [1.54, 1.807) is 12.4 Å². The van der Waals surface area contributed by atoms with Crippen LogP contribution in [0.2, 0.25) is 0 Å². The number of rotatable bonds is 4. The average Bonchev–Trinajstić information content (AvgIpc) is 3.29. The van der Waals surface area contributed by atoms with Crippen molar-refractivity contribution in [3.63, 3.8) is 0 Å². The van der Waals surface area contributed by atoms with Gasteiger partial charge in [0, 0.05) is 31.5 Å². The summed E-state index contributed by atoms with van der Waals surface area (Å²) in [4.78, 5) is 19.5. The van der Waals surface area contributed by atoms with E-state index in [1.807, 2.05) is 10.9 Å². The van der Waals surface area contributed by atoms with Gasteiger partial charge in [0.1, 0.15) is 10.9 Å². The molecule has 6 rings (SSSR count). The minimum absolute atomic E-state index is 0.0802. The van der Waals surface area contributed by atoms with Gasteiger partial charge in [-0.05, 0) is 38.0 Å². The molecule has 32 heavy (non-hydrogen) atoms. The predicted octanol–water partition coefficient (Wildman–Crippen LogP) is 2.74. The Morgan fingerprint density at radius 1 is 1.16 bits per heavy atom. The second-order valence-electron chi connectivity index (χ2n) is 8.85. The van der Waals surface area contributed by atoms with E-state index in [4.69, 9.17) is 9.72 Å². The average molecular weight is 435 g/mol. The highest BCUT2D eigenvalue weighted by Crippen LogP contribution is 2.52. The molecule has 3 aromatic rings. The van der Waals surface area contributed by atoms with Crippen molar-refractivity contribution in [3.8, 4) is 17.3 Å². The largest absolute Gasteiger partial charge is 0.381 e. The maximum atomic E-state index is 14.7. The van der Waals surface area contributed by atoms with E-state index in [2.05, 4.69) is 16.3 Å². The van der Waals surface area contributed by atoms with Crippen LogP contribution in [0.25, 0.3) is 16.8 Å².